The summed E-state index contributed by atoms with van der Waals surface area (Å²) in [6.45, 7) is 28.0. The Kier molecular flexibility index (Phi) is 5.46. The Morgan fingerprint density at radius 3 is 0.636 bits per heavy atom. The van der Waals surface area contributed by atoms with Crippen molar-refractivity contribution in [1.29, 1.82) is 0 Å². The summed E-state index contributed by atoms with van der Waals surface area (Å²) >= 11 is 0. The molecule has 0 heterocycles. The van der Waals surface area contributed by atoms with Crippen molar-refractivity contribution >= 4 is 15.2 Å². The Labute approximate surface area is 142 Å². The summed E-state index contributed by atoms with van der Waals surface area (Å²) in [7, 11) is -4.59. The van der Waals surface area contributed by atoms with Gasteiger partial charge in [0.25, 0.3) is 0 Å². The van der Waals surface area contributed by atoms with E-state index in [0.29, 0.717) is 0 Å². The molecule has 0 N–H and O–H groups in total. The molecule has 0 bridgehead atoms. The van der Waals surface area contributed by atoms with Gasteiger partial charge in [-0.05, 0) is 20.2 Å². The smallest absolute Gasteiger partial charge is 0.135 e. The van der Waals surface area contributed by atoms with Crippen molar-refractivity contribution in [3.63, 3.8) is 0 Å². The highest BCUT2D eigenvalue weighted by Crippen LogP contribution is 2.66. The van der Waals surface area contributed by atoms with Crippen LogP contribution in [-0.2, 0) is 0 Å². The molecule has 0 radical (unpaired) electrons. The summed E-state index contributed by atoms with van der Waals surface area (Å²) in [5.41, 5.74) is 6.92. The third kappa shape index (κ3) is 2.63. The van der Waals surface area contributed by atoms with Crippen LogP contribution in [-0.4, -0.2) is 15.2 Å². The summed E-state index contributed by atoms with van der Waals surface area (Å²) in [6, 6.07) is 0. The second-order valence-corrected chi connectivity index (χ2v) is 24.9. The normalized spacial score (nSPS) is 15.2. The lowest BCUT2D eigenvalue weighted by molar-refractivity contribution is 0.599. The first kappa shape index (κ1) is 21.6. The van der Waals surface area contributed by atoms with Gasteiger partial charge >= 0.3 is 0 Å². The minimum atomic E-state index is -2.29. The van der Waals surface area contributed by atoms with Gasteiger partial charge in [0.05, 0.1) is 0 Å². The Bertz CT molecular complexity index is 409. The third-order valence-corrected chi connectivity index (χ3v) is 29.7. The molecular weight excluding hydrogens is 296 g/mol. The lowest BCUT2D eigenvalue weighted by Crippen LogP contribution is -2.77. The van der Waals surface area contributed by atoms with E-state index in [-0.39, 0.29) is 20.2 Å². The van der Waals surface area contributed by atoms with Gasteiger partial charge in [0, 0.05) is 0 Å². The minimum Gasteiger partial charge on any atom is -0.135 e. The molecule has 0 spiro atoms. The molecule has 22 heavy (non-hydrogen) atoms. The van der Waals surface area contributed by atoms with E-state index < -0.39 is 15.2 Å². The molecule has 0 aliphatic heterocycles. The van der Waals surface area contributed by atoms with Crippen LogP contribution in [0.25, 0.3) is 0 Å². The quantitative estimate of drug-likeness (QED) is 0.379. The second kappa shape index (κ2) is 5.57. The van der Waals surface area contributed by atoms with Gasteiger partial charge in [-0.2, -0.15) is 0 Å². The van der Waals surface area contributed by atoms with Crippen LogP contribution in [0.3, 0.4) is 0 Å². The average molecular weight is 335 g/mol. The molecule has 0 aliphatic rings. The van der Waals surface area contributed by atoms with Gasteiger partial charge in [0.2, 0.25) is 0 Å². The molecule has 0 saturated heterocycles. The van der Waals surface area contributed by atoms with Gasteiger partial charge < -0.3 is 0 Å². The van der Waals surface area contributed by atoms with E-state index in [1.165, 1.54) is 0 Å². The minimum absolute atomic E-state index is 0.0686. The fourth-order valence-corrected chi connectivity index (χ4v) is 31.5. The van der Waals surface area contributed by atoms with Gasteiger partial charge in [-0.25, -0.2) is 0 Å². The molecule has 0 fully saturated rings. The standard InChI is InChI=1S/C20H38Si2/c1-15-21(17(3,4)5,18(6,7)8)22(16-2,19(9,10)11)20(12,13)14/h1-2H,3-14H3. The highest BCUT2D eigenvalue weighted by Gasteiger charge is 2.73. The first-order chi connectivity index (χ1) is 9.37. The second-order valence-electron chi connectivity index (χ2n) is 10.8. The summed E-state index contributed by atoms with van der Waals surface area (Å²) in [6.07, 6.45) is 12.8. The van der Waals surface area contributed by atoms with Crippen molar-refractivity contribution in [2.45, 2.75) is 103 Å². The molecule has 0 rings (SSSR count). The van der Waals surface area contributed by atoms with Crippen molar-refractivity contribution in [3.05, 3.63) is 0 Å². The van der Waals surface area contributed by atoms with E-state index in [0.717, 1.165) is 0 Å². The van der Waals surface area contributed by atoms with E-state index in [1.54, 1.807) is 0 Å². The lowest BCUT2D eigenvalue weighted by Gasteiger charge is -2.64. The van der Waals surface area contributed by atoms with Crippen LogP contribution in [0.15, 0.2) is 0 Å². The Hall–Kier alpha value is -0.446. The van der Waals surface area contributed by atoms with Gasteiger partial charge in [-0.1, -0.05) is 83.1 Å². The number of rotatable bonds is 1. The number of terminal acetylenes is 2. The van der Waals surface area contributed by atoms with Crippen molar-refractivity contribution < 1.29 is 0 Å². The van der Waals surface area contributed by atoms with Crippen LogP contribution in [0, 0.1) is 23.9 Å². The topological polar surface area (TPSA) is 0 Å². The van der Waals surface area contributed by atoms with Gasteiger partial charge in [-0.3, -0.25) is 0 Å². The highest BCUT2D eigenvalue weighted by atomic mass is 29.3. The molecule has 2 heteroatoms. The van der Waals surface area contributed by atoms with E-state index in [9.17, 15) is 0 Å². The predicted molar refractivity (Wildman–Crippen MR) is 108 cm³/mol. The lowest BCUT2D eigenvalue weighted by atomic mass is 10.2. The maximum absolute atomic E-state index is 6.39. The molecule has 0 nitrogen and oxygen atoms in total. The first-order valence-corrected chi connectivity index (χ1v) is 13.3. The Morgan fingerprint density at radius 1 is 0.455 bits per heavy atom. The number of hydrogen-bond donors (Lipinski definition) is 0. The number of hydrogen-bond acceptors (Lipinski definition) is 0. The zero-order chi connectivity index (χ0) is 18.4. The maximum Gasteiger partial charge on any atom is 0.155 e. The van der Waals surface area contributed by atoms with Crippen LogP contribution in [0.5, 0.6) is 0 Å². The summed E-state index contributed by atoms with van der Waals surface area (Å²) in [5.74, 6) is 0. The molecule has 126 valence electrons. The molecule has 0 aliphatic carbocycles. The van der Waals surface area contributed by atoms with Crippen molar-refractivity contribution in [3.8, 4) is 23.9 Å². The summed E-state index contributed by atoms with van der Waals surface area (Å²) in [5, 5.41) is 0.274. The third-order valence-electron chi connectivity index (χ3n) is 5.50. The van der Waals surface area contributed by atoms with Crippen LogP contribution in [0.2, 0.25) is 20.2 Å². The monoisotopic (exact) mass is 334 g/mol. The Morgan fingerprint density at radius 2 is 0.591 bits per heavy atom. The molecule has 0 saturated carbocycles. The fraction of sp³-hybridized carbons (Fsp3) is 0.800. The fourth-order valence-electron chi connectivity index (χ4n) is 5.58. The van der Waals surface area contributed by atoms with Gasteiger partial charge in [0.15, 0.2) is 15.2 Å². The first-order valence-electron chi connectivity index (χ1n) is 8.33. The zero-order valence-corrected chi connectivity index (χ0v) is 19.2. The maximum atomic E-state index is 6.39. The van der Waals surface area contributed by atoms with E-state index in [4.69, 9.17) is 12.8 Å². The van der Waals surface area contributed by atoms with Crippen molar-refractivity contribution in [2.75, 3.05) is 0 Å². The van der Waals surface area contributed by atoms with Crippen molar-refractivity contribution in [2.24, 2.45) is 0 Å². The van der Waals surface area contributed by atoms with Crippen LogP contribution < -0.4 is 0 Å². The SMILES string of the molecule is C#C[Si](C(C)(C)C)(C(C)(C)C)[Si](C#C)(C(C)(C)C)C(C)(C)C. The molecule has 0 amide bonds. The molecule has 0 unspecified atom stereocenters. The predicted octanol–water partition coefficient (Wildman–Crippen LogP) is 6.51. The van der Waals surface area contributed by atoms with E-state index >= 15 is 0 Å². The zero-order valence-electron chi connectivity index (χ0n) is 17.2. The van der Waals surface area contributed by atoms with Gasteiger partial charge in [-0.15, -0.1) is 23.9 Å². The molecule has 0 aromatic rings. The Balaban J connectivity index is 7.38. The van der Waals surface area contributed by atoms with E-state index in [2.05, 4.69) is 94.2 Å². The highest BCUT2D eigenvalue weighted by molar-refractivity contribution is 7.52. The van der Waals surface area contributed by atoms with Gasteiger partial charge in [0.1, 0.15) is 0 Å². The summed E-state index contributed by atoms with van der Waals surface area (Å²) in [4.78, 5) is 0. The molecular formula is C20H38Si2. The average Bonchev–Trinajstić information content (AvgIpc) is 2.17. The molecule has 0 aromatic heterocycles. The van der Waals surface area contributed by atoms with Crippen LogP contribution in [0.1, 0.15) is 83.1 Å². The largest absolute Gasteiger partial charge is 0.155 e. The molecule has 0 aromatic carbocycles. The van der Waals surface area contributed by atoms with Crippen LogP contribution in [0.4, 0.5) is 0 Å². The van der Waals surface area contributed by atoms with E-state index in [1.807, 2.05) is 0 Å². The molecule has 0 atom stereocenters. The summed E-state index contributed by atoms with van der Waals surface area (Å²) < 4.78 is 0. The van der Waals surface area contributed by atoms with Crippen LogP contribution >= 0.6 is 0 Å². The van der Waals surface area contributed by atoms with Crippen molar-refractivity contribution in [1.82, 2.24) is 0 Å².